The van der Waals surface area contributed by atoms with Crippen molar-refractivity contribution in [1.29, 1.82) is 0 Å². The number of benzene rings is 1. The molecule has 0 spiro atoms. The molecule has 122 valence electrons. The summed E-state index contributed by atoms with van der Waals surface area (Å²) in [5.41, 5.74) is 0.891. The summed E-state index contributed by atoms with van der Waals surface area (Å²) in [4.78, 5) is 14.2. The molecule has 0 aliphatic carbocycles. The maximum Gasteiger partial charge on any atom is 0.242 e. The zero-order chi connectivity index (χ0) is 14.7. The van der Waals surface area contributed by atoms with E-state index in [4.69, 9.17) is 9.47 Å². The second-order valence-electron chi connectivity index (χ2n) is 5.28. The molecule has 7 heteroatoms. The number of hydrogen-bond acceptors (Lipinski definition) is 4. The van der Waals surface area contributed by atoms with Crippen molar-refractivity contribution in [3.63, 3.8) is 0 Å². The Balaban J connectivity index is 0.00000176. The Bertz CT molecular complexity index is 494. The predicted octanol–water partition coefficient (Wildman–Crippen LogP) is 1.14. The van der Waals surface area contributed by atoms with Gasteiger partial charge in [-0.05, 0) is 17.7 Å². The summed E-state index contributed by atoms with van der Waals surface area (Å²) in [6, 6.07) is 5.96. The van der Waals surface area contributed by atoms with Crippen LogP contribution in [0, 0.1) is 5.82 Å². The lowest BCUT2D eigenvalue weighted by Crippen LogP contribution is -2.55. The molecule has 0 aromatic heterocycles. The molecule has 2 saturated heterocycles. The molecule has 2 heterocycles. The first-order chi connectivity index (χ1) is 10.2. The highest BCUT2D eigenvalue weighted by atomic mass is 35.5. The summed E-state index contributed by atoms with van der Waals surface area (Å²) in [6.07, 6.45) is -0.201. The van der Waals surface area contributed by atoms with Gasteiger partial charge < -0.3 is 19.7 Å². The van der Waals surface area contributed by atoms with Crippen molar-refractivity contribution >= 4 is 18.3 Å². The molecule has 2 unspecified atom stereocenters. The molecule has 0 saturated carbocycles. The van der Waals surface area contributed by atoms with E-state index in [1.807, 2.05) is 0 Å². The summed E-state index contributed by atoms with van der Waals surface area (Å²) in [5, 5.41) is 3.17. The van der Waals surface area contributed by atoms with Crippen molar-refractivity contribution in [1.82, 2.24) is 10.2 Å². The summed E-state index contributed by atoms with van der Waals surface area (Å²) in [7, 11) is 0. The number of nitrogens with one attached hydrogen (secondary N) is 1. The summed E-state index contributed by atoms with van der Waals surface area (Å²) >= 11 is 0. The molecule has 1 aromatic rings. The van der Waals surface area contributed by atoms with Gasteiger partial charge in [0.05, 0.1) is 26.4 Å². The molecular weight excluding hydrogens is 311 g/mol. The highest BCUT2D eigenvalue weighted by molar-refractivity contribution is 5.85. The number of amides is 1. The topological polar surface area (TPSA) is 50.8 Å². The Kier molecular flexibility index (Phi) is 6.14. The van der Waals surface area contributed by atoms with Gasteiger partial charge in [0.25, 0.3) is 0 Å². The van der Waals surface area contributed by atoms with E-state index in [0.29, 0.717) is 39.5 Å². The Morgan fingerprint density at radius 3 is 2.73 bits per heavy atom. The van der Waals surface area contributed by atoms with Crippen LogP contribution in [0.3, 0.4) is 0 Å². The van der Waals surface area contributed by atoms with Crippen molar-refractivity contribution in [3.8, 4) is 0 Å². The van der Waals surface area contributed by atoms with Gasteiger partial charge >= 0.3 is 0 Å². The quantitative estimate of drug-likeness (QED) is 0.883. The van der Waals surface area contributed by atoms with E-state index in [-0.39, 0.29) is 36.3 Å². The van der Waals surface area contributed by atoms with Crippen LogP contribution in [0.15, 0.2) is 24.3 Å². The lowest BCUT2D eigenvalue weighted by Gasteiger charge is -2.36. The van der Waals surface area contributed by atoms with E-state index >= 15 is 0 Å². The van der Waals surface area contributed by atoms with Crippen LogP contribution >= 0.6 is 12.4 Å². The first-order valence-electron chi connectivity index (χ1n) is 7.21. The SMILES string of the molecule is Cl.O=C(C1COCCN1)N1CCOC(c2ccc(F)cc2)C1. The number of carbonyl (C=O) groups excluding carboxylic acids is 1. The minimum absolute atomic E-state index is 0. The third-order valence-electron chi connectivity index (χ3n) is 3.84. The number of morpholine rings is 2. The number of nitrogens with zero attached hydrogens (tertiary/aromatic N) is 1. The minimum Gasteiger partial charge on any atom is -0.378 e. The summed E-state index contributed by atoms with van der Waals surface area (Å²) in [6.45, 7) is 3.31. The lowest BCUT2D eigenvalue weighted by atomic mass is 10.1. The second-order valence-corrected chi connectivity index (χ2v) is 5.28. The lowest BCUT2D eigenvalue weighted by molar-refractivity contribution is -0.144. The fraction of sp³-hybridized carbons (Fsp3) is 0.533. The number of ether oxygens (including phenoxy) is 2. The molecule has 1 aromatic carbocycles. The number of carbonyl (C=O) groups is 1. The zero-order valence-electron chi connectivity index (χ0n) is 12.2. The van der Waals surface area contributed by atoms with Crippen molar-refractivity contribution in [2.24, 2.45) is 0 Å². The first kappa shape index (κ1) is 17.1. The Hall–Kier alpha value is -1.21. The fourth-order valence-electron chi connectivity index (χ4n) is 2.67. The second kappa shape index (κ2) is 7.87. The van der Waals surface area contributed by atoms with Gasteiger partial charge in [0, 0.05) is 13.1 Å². The molecule has 2 aliphatic rings. The molecule has 1 N–H and O–H groups in total. The van der Waals surface area contributed by atoms with Gasteiger partial charge in [0.2, 0.25) is 5.91 Å². The smallest absolute Gasteiger partial charge is 0.242 e. The fourth-order valence-corrected chi connectivity index (χ4v) is 2.67. The van der Waals surface area contributed by atoms with Crippen molar-refractivity contribution in [3.05, 3.63) is 35.6 Å². The minimum atomic E-state index is -0.272. The third kappa shape index (κ3) is 3.95. The van der Waals surface area contributed by atoms with Crippen LogP contribution in [0.5, 0.6) is 0 Å². The normalized spacial score (nSPS) is 25.4. The van der Waals surface area contributed by atoms with Crippen LogP contribution in [-0.2, 0) is 14.3 Å². The van der Waals surface area contributed by atoms with Crippen LogP contribution in [0.2, 0.25) is 0 Å². The Labute approximate surface area is 135 Å². The number of halogens is 2. The van der Waals surface area contributed by atoms with Crippen molar-refractivity contribution < 1.29 is 18.7 Å². The van der Waals surface area contributed by atoms with Crippen molar-refractivity contribution in [2.75, 3.05) is 39.5 Å². The Morgan fingerprint density at radius 1 is 1.27 bits per heavy atom. The van der Waals surface area contributed by atoms with Gasteiger partial charge in [-0.2, -0.15) is 0 Å². The van der Waals surface area contributed by atoms with E-state index in [0.717, 1.165) is 5.56 Å². The van der Waals surface area contributed by atoms with E-state index < -0.39 is 0 Å². The van der Waals surface area contributed by atoms with Gasteiger partial charge in [-0.1, -0.05) is 12.1 Å². The molecule has 2 aliphatic heterocycles. The third-order valence-corrected chi connectivity index (χ3v) is 3.84. The van der Waals surface area contributed by atoms with Crippen LogP contribution in [0.25, 0.3) is 0 Å². The molecule has 5 nitrogen and oxygen atoms in total. The van der Waals surface area contributed by atoms with Crippen LogP contribution in [0.1, 0.15) is 11.7 Å². The molecule has 0 bridgehead atoms. The molecule has 22 heavy (non-hydrogen) atoms. The molecule has 3 rings (SSSR count). The Morgan fingerprint density at radius 2 is 2.05 bits per heavy atom. The van der Waals surface area contributed by atoms with Gasteiger partial charge in [-0.3, -0.25) is 4.79 Å². The van der Waals surface area contributed by atoms with E-state index in [1.54, 1.807) is 17.0 Å². The summed E-state index contributed by atoms with van der Waals surface area (Å²) < 4.78 is 24.0. The highest BCUT2D eigenvalue weighted by Crippen LogP contribution is 2.23. The molecular formula is C15H20ClFN2O3. The summed E-state index contributed by atoms with van der Waals surface area (Å²) in [5.74, 6) is -0.226. The molecule has 0 radical (unpaired) electrons. The van der Waals surface area contributed by atoms with Gasteiger partial charge in [0.1, 0.15) is 18.0 Å². The van der Waals surface area contributed by atoms with Crippen LogP contribution in [0.4, 0.5) is 4.39 Å². The van der Waals surface area contributed by atoms with Crippen molar-refractivity contribution in [2.45, 2.75) is 12.1 Å². The van der Waals surface area contributed by atoms with E-state index in [9.17, 15) is 9.18 Å². The largest absolute Gasteiger partial charge is 0.378 e. The van der Waals surface area contributed by atoms with Gasteiger partial charge in [-0.25, -0.2) is 4.39 Å². The molecule has 2 atom stereocenters. The predicted molar refractivity (Wildman–Crippen MR) is 81.5 cm³/mol. The molecule has 1 amide bonds. The maximum atomic E-state index is 13.0. The number of rotatable bonds is 2. The monoisotopic (exact) mass is 330 g/mol. The first-order valence-corrected chi connectivity index (χ1v) is 7.21. The maximum absolute atomic E-state index is 13.0. The average molecular weight is 331 g/mol. The van der Waals surface area contributed by atoms with Crippen LogP contribution in [-0.4, -0.2) is 56.3 Å². The zero-order valence-corrected chi connectivity index (χ0v) is 13.0. The standard InChI is InChI=1S/C15H19FN2O3.ClH/c16-12-3-1-11(2-4-12)14-9-18(6-8-21-14)15(19)13-10-20-7-5-17-13;/h1-4,13-14,17H,5-10H2;1H. The average Bonchev–Trinajstić information content (AvgIpc) is 2.56. The van der Waals surface area contributed by atoms with E-state index in [2.05, 4.69) is 5.32 Å². The molecule has 2 fully saturated rings. The number of hydrogen-bond donors (Lipinski definition) is 1. The van der Waals surface area contributed by atoms with Gasteiger partial charge in [0.15, 0.2) is 0 Å². The highest BCUT2D eigenvalue weighted by Gasteiger charge is 2.31. The van der Waals surface area contributed by atoms with Gasteiger partial charge in [-0.15, -0.1) is 12.4 Å². The van der Waals surface area contributed by atoms with E-state index in [1.165, 1.54) is 12.1 Å². The van der Waals surface area contributed by atoms with Crippen LogP contribution < -0.4 is 5.32 Å².